The molecule has 0 heterocycles. The number of fused-ring (bicyclic) bond motifs is 1. The van der Waals surface area contributed by atoms with Gasteiger partial charge in [0.15, 0.2) is 0 Å². The number of anilines is 1. The number of nitrogens with one attached hydrogen (secondary N) is 1. The normalized spacial score (nSPS) is 10.6. The minimum absolute atomic E-state index is 0.147. The summed E-state index contributed by atoms with van der Waals surface area (Å²) >= 11 is 6.94. The second kappa shape index (κ2) is 6.72. The van der Waals surface area contributed by atoms with E-state index < -0.39 is 0 Å². The van der Waals surface area contributed by atoms with E-state index >= 15 is 0 Å². The molecule has 0 atom stereocenters. The van der Waals surface area contributed by atoms with Gasteiger partial charge in [-0.3, -0.25) is 4.79 Å². The fourth-order valence-electron chi connectivity index (χ4n) is 2.41. The van der Waals surface area contributed by atoms with Crippen molar-refractivity contribution in [3.63, 3.8) is 0 Å². The topological polar surface area (TPSA) is 38.3 Å². The van der Waals surface area contributed by atoms with Gasteiger partial charge in [-0.25, -0.2) is 0 Å². The maximum absolute atomic E-state index is 12.6. The third-order valence-corrected chi connectivity index (χ3v) is 4.83. The minimum atomic E-state index is -0.147. The Morgan fingerprint density at radius 2 is 1.70 bits per heavy atom. The zero-order valence-electron chi connectivity index (χ0n) is 12.3. The van der Waals surface area contributed by atoms with E-state index in [-0.39, 0.29) is 5.91 Å². The Morgan fingerprint density at radius 3 is 2.43 bits per heavy atom. The molecule has 3 rings (SSSR count). The highest BCUT2D eigenvalue weighted by atomic mass is 79.9. The second-order valence-electron chi connectivity index (χ2n) is 4.94. The number of halogens is 2. The zero-order valence-corrected chi connectivity index (χ0v) is 15.4. The van der Waals surface area contributed by atoms with Crippen LogP contribution in [0.1, 0.15) is 10.4 Å². The van der Waals surface area contributed by atoms with Gasteiger partial charge in [-0.05, 0) is 57.0 Å². The Morgan fingerprint density at radius 1 is 0.957 bits per heavy atom. The fraction of sp³-hybridized carbons (Fsp3) is 0.0556. The lowest BCUT2D eigenvalue weighted by atomic mass is 10.0. The van der Waals surface area contributed by atoms with Crippen LogP contribution in [0.2, 0.25) is 0 Å². The van der Waals surface area contributed by atoms with E-state index in [9.17, 15) is 4.79 Å². The summed E-state index contributed by atoms with van der Waals surface area (Å²) in [5.41, 5.74) is 1.34. The van der Waals surface area contributed by atoms with Gasteiger partial charge >= 0.3 is 0 Å². The first-order valence-electron chi connectivity index (χ1n) is 6.92. The molecule has 5 heteroatoms. The van der Waals surface area contributed by atoms with Crippen molar-refractivity contribution in [1.29, 1.82) is 0 Å². The number of ether oxygens (including phenoxy) is 1. The van der Waals surface area contributed by atoms with Crippen LogP contribution in [0.15, 0.2) is 63.5 Å². The molecule has 23 heavy (non-hydrogen) atoms. The average Bonchev–Trinajstić information content (AvgIpc) is 2.55. The molecule has 0 saturated heterocycles. The van der Waals surface area contributed by atoms with Crippen LogP contribution in [0.4, 0.5) is 5.69 Å². The number of hydrogen-bond acceptors (Lipinski definition) is 2. The number of benzene rings is 3. The van der Waals surface area contributed by atoms with Crippen LogP contribution < -0.4 is 10.1 Å². The molecule has 1 N–H and O–H groups in total. The van der Waals surface area contributed by atoms with Gasteiger partial charge in [0.2, 0.25) is 0 Å². The molecule has 3 aromatic carbocycles. The SMILES string of the molecule is COc1ccc(NC(=O)c2cccc3c(Br)cccc23)cc1Br. The molecule has 0 saturated carbocycles. The fourth-order valence-corrected chi connectivity index (χ4v) is 3.45. The first-order valence-corrected chi connectivity index (χ1v) is 8.51. The van der Waals surface area contributed by atoms with Crippen molar-refractivity contribution in [3.8, 4) is 5.75 Å². The standard InChI is InChI=1S/C18H13Br2NO2/c1-23-17-9-8-11(10-16(17)20)21-18(22)14-6-2-5-13-12(14)4-3-7-15(13)19/h2-10H,1H3,(H,21,22). The van der Waals surface area contributed by atoms with E-state index in [2.05, 4.69) is 37.2 Å². The zero-order chi connectivity index (χ0) is 16.4. The Hall–Kier alpha value is -1.85. The Balaban J connectivity index is 1.95. The van der Waals surface area contributed by atoms with Crippen LogP contribution in [0.5, 0.6) is 5.75 Å². The van der Waals surface area contributed by atoms with Crippen LogP contribution in [0.25, 0.3) is 10.8 Å². The monoisotopic (exact) mass is 433 g/mol. The Kier molecular flexibility index (Phi) is 4.68. The summed E-state index contributed by atoms with van der Waals surface area (Å²) in [4.78, 5) is 12.6. The highest BCUT2D eigenvalue weighted by Gasteiger charge is 2.12. The first-order chi connectivity index (χ1) is 11.1. The van der Waals surface area contributed by atoms with Crippen molar-refractivity contribution >= 4 is 54.2 Å². The molecule has 0 spiro atoms. The quantitative estimate of drug-likeness (QED) is 0.580. The predicted octanol–water partition coefficient (Wildman–Crippen LogP) is 5.63. The molecule has 1 amide bonds. The predicted molar refractivity (Wildman–Crippen MR) is 100 cm³/mol. The highest BCUT2D eigenvalue weighted by Crippen LogP contribution is 2.29. The molecule has 0 radical (unpaired) electrons. The number of rotatable bonds is 3. The minimum Gasteiger partial charge on any atom is -0.496 e. The molecule has 116 valence electrons. The lowest BCUT2D eigenvalue weighted by Gasteiger charge is -2.10. The van der Waals surface area contributed by atoms with Crippen LogP contribution in [-0.2, 0) is 0 Å². The maximum atomic E-state index is 12.6. The van der Waals surface area contributed by atoms with Gasteiger partial charge in [0.25, 0.3) is 5.91 Å². The van der Waals surface area contributed by atoms with Gasteiger partial charge in [0.05, 0.1) is 11.6 Å². The molecule has 0 bridgehead atoms. The maximum Gasteiger partial charge on any atom is 0.256 e. The average molecular weight is 435 g/mol. The molecule has 0 unspecified atom stereocenters. The van der Waals surface area contributed by atoms with Gasteiger partial charge in [0.1, 0.15) is 5.75 Å². The summed E-state index contributed by atoms with van der Waals surface area (Å²) in [6.45, 7) is 0. The van der Waals surface area contributed by atoms with Gasteiger partial charge < -0.3 is 10.1 Å². The molecule has 0 aliphatic heterocycles. The first kappa shape index (κ1) is 16.0. The molecular formula is C18H13Br2NO2. The van der Waals surface area contributed by atoms with Crippen molar-refractivity contribution < 1.29 is 9.53 Å². The summed E-state index contributed by atoms with van der Waals surface area (Å²) in [6, 6.07) is 16.9. The molecule has 0 aliphatic carbocycles. The van der Waals surface area contributed by atoms with Crippen LogP contribution >= 0.6 is 31.9 Å². The summed E-state index contributed by atoms with van der Waals surface area (Å²) in [7, 11) is 1.60. The second-order valence-corrected chi connectivity index (χ2v) is 6.65. The van der Waals surface area contributed by atoms with Gasteiger partial charge in [0, 0.05) is 15.7 Å². The number of amides is 1. The third kappa shape index (κ3) is 3.26. The van der Waals surface area contributed by atoms with Crippen LogP contribution in [0.3, 0.4) is 0 Å². The number of methoxy groups -OCH3 is 1. The van der Waals surface area contributed by atoms with Gasteiger partial charge in [-0.1, -0.05) is 40.2 Å². The van der Waals surface area contributed by atoms with Crippen molar-refractivity contribution in [2.45, 2.75) is 0 Å². The van der Waals surface area contributed by atoms with Crippen LogP contribution in [0, 0.1) is 0 Å². The molecular weight excluding hydrogens is 422 g/mol. The molecule has 0 aromatic heterocycles. The summed E-state index contributed by atoms with van der Waals surface area (Å²) in [6.07, 6.45) is 0. The highest BCUT2D eigenvalue weighted by molar-refractivity contribution is 9.11. The largest absolute Gasteiger partial charge is 0.496 e. The summed E-state index contributed by atoms with van der Waals surface area (Å²) in [5, 5.41) is 4.84. The van der Waals surface area contributed by atoms with Crippen LogP contribution in [-0.4, -0.2) is 13.0 Å². The Labute approximate surface area is 150 Å². The van der Waals surface area contributed by atoms with Gasteiger partial charge in [-0.15, -0.1) is 0 Å². The summed E-state index contributed by atoms with van der Waals surface area (Å²) in [5.74, 6) is 0.572. The third-order valence-electron chi connectivity index (χ3n) is 3.52. The molecule has 3 nitrogen and oxygen atoms in total. The van der Waals surface area contributed by atoms with E-state index in [1.165, 1.54) is 0 Å². The summed E-state index contributed by atoms with van der Waals surface area (Å²) < 4.78 is 6.96. The number of carbonyl (C=O) groups is 1. The van der Waals surface area contributed by atoms with E-state index in [1.807, 2.05) is 48.5 Å². The van der Waals surface area contributed by atoms with Crippen molar-refractivity contribution in [2.24, 2.45) is 0 Å². The number of hydrogen-bond donors (Lipinski definition) is 1. The van der Waals surface area contributed by atoms with E-state index in [0.29, 0.717) is 11.3 Å². The number of carbonyl (C=O) groups excluding carboxylic acids is 1. The molecule has 3 aromatic rings. The van der Waals surface area contributed by atoms with Gasteiger partial charge in [-0.2, -0.15) is 0 Å². The molecule has 0 fully saturated rings. The smallest absolute Gasteiger partial charge is 0.256 e. The Bertz CT molecular complexity index is 893. The van der Waals surface area contributed by atoms with E-state index in [4.69, 9.17) is 4.74 Å². The lowest BCUT2D eigenvalue weighted by molar-refractivity contribution is 0.102. The molecule has 0 aliphatic rings. The van der Waals surface area contributed by atoms with Crippen molar-refractivity contribution in [1.82, 2.24) is 0 Å². The lowest BCUT2D eigenvalue weighted by Crippen LogP contribution is -2.12. The van der Waals surface area contributed by atoms with Crippen molar-refractivity contribution in [2.75, 3.05) is 12.4 Å². The van der Waals surface area contributed by atoms with E-state index in [1.54, 1.807) is 13.2 Å². The van der Waals surface area contributed by atoms with Crippen molar-refractivity contribution in [3.05, 3.63) is 69.1 Å². The van der Waals surface area contributed by atoms with E-state index in [0.717, 1.165) is 25.5 Å².